The van der Waals surface area contributed by atoms with E-state index in [1.807, 2.05) is 0 Å². The third-order valence-corrected chi connectivity index (χ3v) is 2.08. The Morgan fingerprint density at radius 1 is 1.00 bits per heavy atom. The molecule has 0 radical (unpaired) electrons. The Balaban J connectivity index is 3.62. The van der Waals surface area contributed by atoms with Crippen molar-refractivity contribution < 1.29 is 19.6 Å². The number of amides is 1. The summed E-state index contributed by atoms with van der Waals surface area (Å²) in [4.78, 5) is 39.3. The van der Waals surface area contributed by atoms with Crippen LogP contribution in [0.15, 0.2) is 12.1 Å². The standard InChI is InChI=1S/C8H6N4O7/c9-7(13)3-4-1-5(10(14)15)8(12(18)19)6(2-4)11(16)17/h1-2H,3H2,(H2,9,13). The Kier molecular flexibility index (Phi) is 3.70. The van der Waals surface area contributed by atoms with Crippen molar-refractivity contribution in [3.8, 4) is 0 Å². The summed E-state index contributed by atoms with van der Waals surface area (Å²) in [6.07, 6.45) is -0.500. The average Bonchev–Trinajstić information content (AvgIpc) is 2.26. The van der Waals surface area contributed by atoms with E-state index < -0.39 is 44.2 Å². The van der Waals surface area contributed by atoms with Gasteiger partial charge in [0, 0.05) is 12.1 Å². The molecule has 11 nitrogen and oxygen atoms in total. The lowest BCUT2D eigenvalue weighted by molar-refractivity contribution is -0.441. The van der Waals surface area contributed by atoms with Crippen LogP contribution in [0.4, 0.5) is 17.1 Å². The van der Waals surface area contributed by atoms with Crippen LogP contribution in [-0.4, -0.2) is 20.7 Å². The van der Waals surface area contributed by atoms with Gasteiger partial charge in [-0.1, -0.05) is 0 Å². The van der Waals surface area contributed by atoms with Gasteiger partial charge < -0.3 is 5.73 Å². The van der Waals surface area contributed by atoms with Gasteiger partial charge in [0.1, 0.15) is 0 Å². The minimum absolute atomic E-state index is 0.142. The first-order valence-corrected chi connectivity index (χ1v) is 4.62. The fraction of sp³-hybridized carbons (Fsp3) is 0.125. The number of hydrogen-bond donors (Lipinski definition) is 1. The van der Waals surface area contributed by atoms with Crippen LogP contribution in [0.1, 0.15) is 5.56 Å². The zero-order valence-electron chi connectivity index (χ0n) is 9.14. The minimum Gasteiger partial charge on any atom is -0.369 e. The SMILES string of the molecule is NC(=O)Cc1cc([N+](=O)[O-])c([N+](=O)[O-])c([N+](=O)[O-])c1. The summed E-state index contributed by atoms with van der Waals surface area (Å²) >= 11 is 0. The average molecular weight is 270 g/mol. The highest BCUT2D eigenvalue weighted by Crippen LogP contribution is 2.37. The van der Waals surface area contributed by atoms with E-state index in [1.165, 1.54) is 0 Å². The summed E-state index contributed by atoms with van der Waals surface area (Å²) in [7, 11) is 0. The van der Waals surface area contributed by atoms with Gasteiger partial charge in [-0.25, -0.2) is 0 Å². The van der Waals surface area contributed by atoms with E-state index in [4.69, 9.17) is 5.73 Å². The van der Waals surface area contributed by atoms with Crippen LogP contribution in [0, 0.1) is 30.3 Å². The molecule has 2 N–H and O–H groups in total. The Morgan fingerprint density at radius 3 is 1.68 bits per heavy atom. The van der Waals surface area contributed by atoms with Crippen molar-refractivity contribution in [2.24, 2.45) is 5.73 Å². The van der Waals surface area contributed by atoms with E-state index in [1.54, 1.807) is 0 Å². The normalized spacial score (nSPS) is 9.89. The van der Waals surface area contributed by atoms with E-state index in [2.05, 4.69) is 0 Å². The molecule has 0 saturated heterocycles. The lowest BCUT2D eigenvalue weighted by Crippen LogP contribution is -2.14. The number of carbonyl (C=O) groups excluding carboxylic acids is 1. The molecule has 0 heterocycles. The molecular formula is C8H6N4O7. The molecule has 1 aromatic rings. The summed E-state index contributed by atoms with van der Waals surface area (Å²) in [5.74, 6) is -0.877. The van der Waals surface area contributed by atoms with Gasteiger partial charge >= 0.3 is 17.1 Å². The fourth-order valence-electron chi connectivity index (χ4n) is 1.43. The second-order valence-electron chi connectivity index (χ2n) is 3.40. The first kappa shape index (κ1) is 14.0. The van der Waals surface area contributed by atoms with Gasteiger partial charge in [-0.05, 0) is 5.56 Å². The predicted octanol–water partition coefficient (Wildman–Crippen LogP) is 0.439. The van der Waals surface area contributed by atoms with Crippen LogP contribution in [0.5, 0.6) is 0 Å². The van der Waals surface area contributed by atoms with Crippen molar-refractivity contribution in [1.82, 2.24) is 0 Å². The van der Waals surface area contributed by atoms with E-state index in [0.29, 0.717) is 0 Å². The fourth-order valence-corrected chi connectivity index (χ4v) is 1.43. The third-order valence-electron chi connectivity index (χ3n) is 2.08. The Labute approximate surface area is 104 Å². The van der Waals surface area contributed by atoms with Crippen molar-refractivity contribution >= 4 is 23.0 Å². The molecule has 0 spiro atoms. The van der Waals surface area contributed by atoms with Crippen molar-refractivity contribution in [1.29, 1.82) is 0 Å². The second-order valence-corrected chi connectivity index (χ2v) is 3.40. The first-order valence-electron chi connectivity index (χ1n) is 4.62. The quantitative estimate of drug-likeness (QED) is 0.596. The van der Waals surface area contributed by atoms with Crippen LogP contribution in [-0.2, 0) is 11.2 Å². The largest absolute Gasteiger partial charge is 0.422 e. The zero-order valence-corrected chi connectivity index (χ0v) is 9.14. The van der Waals surface area contributed by atoms with E-state index in [-0.39, 0.29) is 5.56 Å². The van der Waals surface area contributed by atoms with Gasteiger partial charge in [-0.3, -0.25) is 35.1 Å². The molecule has 0 aliphatic carbocycles. The number of nitro benzene ring substituents is 3. The number of nitro groups is 3. The molecule has 0 aliphatic rings. The van der Waals surface area contributed by atoms with Gasteiger partial charge in [-0.15, -0.1) is 0 Å². The highest BCUT2D eigenvalue weighted by atomic mass is 16.6. The molecule has 1 aromatic carbocycles. The summed E-state index contributed by atoms with van der Waals surface area (Å²) < 4.78 is 0. The summed E-state index contributed by atoms with van der Waals surface area (Å²) in [5, 5.41) is 32.1. The van der Waals surface area contributed by atoms with Gasteiger partial charge in [0.15, 0.2) is 0 Å². The summed E-state index contributed by atoms with van der Waals surface area (Å²) in [6.45, 7) is 0. The number of nitrogens with zero attached hydrogens (tertiary/aromatic N) is 3. The van der Waals surface area contributed by atoms with Gasteiger partial charge in [0.25, 0.3) is 0 Å². The van der Waals surface area contributed by atoms with E-state index in [9.17, 15) is 35.1 Å². The molecule has 0 aromatic heterocycles. The highest BCUT2D eigenvalue weighted by Gasteiger charge is 2.36. The summed E-state index contributed by atoms with van der Waals surface area (Å²) in [5.41, 5.74) is 1.37. The Bertz CT molecular complexity index is 562. The molecule has 11 heteroatoms. The van der Waals surface area contributed by atoms with Crippen LogP contribution in [0.2, 0.25) is 0 Å². The van der Waals surface area contributed by atoms with Crippen molar-refractivity contribution in [3.63, 3.8) is 0 Å². The topological polar surface area (TPSA) is 173 Å². The zero-order chi connectivity index (χ0) is 14.7. The van der Waals surface area contributed by atoms with Gasteiger partial charge in [-0.2, -0.15) is 0 Å². The molecule has 0 saturated carbocycles. The molecule has 0 aliphatic heterocycles. The molecular weight excluding hydrogens is 264 g/mol. The number of nitrogens with two attached hydrogens (primary N) is 1. The molecule has 0 bridgehead atoms. The number of hydrogen-bond acceptors (Lipinski definition) is 7. The Morgan fingerprint density at radius 2 is 1.42 bits per heavy atom. The number of carbonyl (C=O) groups is 1. The van der Waals surface area contributed by atoms with Crippen molar-refractivity contribution in [2.75, 3.05) is 0 Å². The number of benzene rings is 1. The monoisotopic (exact) mass is 270 g/mol. The molecule has 0 atom stereocenters. The predicted molar refractivity (Wildman–Crippen MR) is 59.3 cm³/mol. The number of primary amides is 1. The third kappa shape index (κ3) is 2.96. The molecule has 1 rings (SSSR count). The van der Waals surface area contributed by atoms with Crippen LogP contribution < -0.4 is 5.73 Å². The maximum Gasteiger partial charge on any atom is 0.422 e. The lowest BCUT2D eigenvalue weighted by Gasteiger charge is -2.00. The summed E-state index contributed by atoms with van der Waals surface area (Å²) in [6, 6.07) is 1.44. The smallest absolute Gasteiger partial charge is 0.369 e. The molecule has 0 unspecified atom stereocenters. The van der Waals surface area contributed by atoms with Gasteiger partial charge in [0.05, 0.1) is 21.2 Å². The minimum atomic E-state index is -1.23. The second kappa shape index (κ2) is 5.03. The van der Waals surface area contributed by atoms with Crippen LogP contribution in [0.25, 0.3) is 0 Å². The van der Waals surface area contributed by atoms with Crippen molar-refractivity contribution in [2.45, 2.75) is 6.42 Å². The van der Waals surface area contributed by atoms with Crippen LogP contribution in [0.3, 0.4) is 0 Å². The molecule has 1 amide bonds. The first-order chi connectivity index (χ1) is 8.73. The lowest BCUT2D eigenvalue weighted by atomic mass is 10.1. The van der Waals surface area contributed by atoms with Crippen LogP contribution >= 0.6 is 0 Å². The molecule has 19 heavy (non-hydrogen) atoms. The molecule has 0 fully saturated rings. The Hall–Kier alpha value is -3.11. The van der Waals surface area contributed by atoms with E-state index in [0.717, 1.165) is 12.1 Å². The molecule has 100 valence electrons. The highest BCUT2D eigenvalue weighted by molar-refractivity contribution is 5.78. The number of rotatable bonds is 5. The van der Waals surface area contributed by atoms with Crippen molar-refractivity contribution in [3.05, 3.63) is 48.0 Å². The van der Waals surface area contributed by atoms with E-state index >= 15 is 0 Å². The van der Waals surface area contributed by atoms with Gasteiger partial charge in [0.2, 0.25) is 5.91 Å². The maximum absolute atomic E-state index is 10.7. The maximum atomic E-state index is 10.7.